The van der Waals surface area contributed by atoms with Crippen molar-refractivity contribution in [2.45, 2.75) is 19.5 Å². The van der Waals surface area contributed by atoms with E-state index in [-0.39, 0.29) is 11.2 Å². The Balaban J connectivity index is 1.57. The van der Waals surface area contributed by atoms with E-state index >= 15 is 0 Å². The van der Waals surface area contributed by atoms with Gasteiger partial charge in [-0.2, -0.15) is 0 Å². The summed E-state index contributed by atoms with van der Waals surface area (Å²) >= 11 is 0. The maximum absolute atomic E-state index is 12.7. The van der Waals surface area contributed by atoms with Crippen LogP contribution in [0.25, 0.3) is 11.4 Å². The summed E-state index contributed by atoms with van der Waals surface area (Å²) in [5.41, 5.74) is 2.93. The molecule has 0 saturated carbocycles. The first-order valence-corrected chi connectivity index (χ1v) is 9.11. The molecule has 1 aliphatic heterocycles. The molecule has 148 valence electrons. The summed E-state index contributed by atoms with van der Waals surface area (Å²) in [6.45, 7) is 1.69. The average molecular weight is 393 g/mol. The minimum atomic E-state index is -0.449. The zero-order chi connectivity index (χ0) is 20.4. The fraction of sp³-hybridized carbons (Fsp3) is 0.250. The third-order valence-corrected chi connectivity index (χ3v) is 4.98. The van der Waals surface area contributed by atoms with Gasteiger partial charge in [-0.15, -0.1) is 0 Å². The highest BCUT2D eigenvalue weighted by atomic mass is 16.6. The lowest BCUT2D eigenvalue weighted by atomic mass is 10.0. The van der Waals surface area contributed by atoms with E-state index in [1.54, 1.807) is 30.6 Å². The minimum Gasteiger partial charge on any atom is -0.496 e. The second-order valence-electron chi connectivity index (χ2n) is 6.79. The Bertz CT molecular complexity index is 1110. The van der Waals surface area contributed by atoms with Gasteiger partial charge in [0.2, 0.25) is 0 Å². The summed E-state index contributed by atoms with van der Waals surface area (Å²) in [5, 5.41) is 11.0. The van der Waals surface area contributed by atoms with Gasteiger partial charge >= 0.3 is 0 Å². The fourth-order valence-electron chi connectivity index (χ4n) is 3.48. The second-order valence-corrected chi connectivity index (χ2v) is 6.79. The normalized spacial score (nSPS) is 13.7. The van der Waals surface area contributed by atoms with Crippen molar-refractivity contribution < 1.29 is 9.66 Å². The third kappa shape index (κ3) is 3.85. The Kier molecular flexibility index (Phi) is 5.05. The molecule has 3 heterocycles. The first-order valence-electron chi connectivity index (χ1n) is 9.11. The van der Waals surface area contributed by atoms with Gasteiger partial charge in [0.25, 0.3) is 11.2 Å². The number of methoxy groups -OCH3 is 1. The highest BCUT2D eigenvalue weighted by Crippen LogP contribution is 2.27. The van der Waals surface area contributed by atoms with Gasteiger partial charge in [0.15, 0.2) is 0 Å². The van der Waals surface area contributed by atoms with Gasteiger partial charge in [-0.1, -0.05) is 0 Å². The van der Waals surface area contributed by atoms with Crippen molar-refractivity contribution in [3.05, 3.63) is 80.0 Å². The Labute approximate surface area is 166 Å². The quantitative estimate of drug-likeness (QED) is 0.522. The zero-order valence-corrected chi connectivity index (χ0v) is 15.8. The number of pyridine rings is 1. The number of non-ortho nitro benzene ring substituents is 1. The molecule has 0 bridgehead atoms. The standard InChI is InChI=1S/C20H19N5O4/c1-29-18-10-15(25(27)28)3-2-14(18)11-24-9-6-17-16(12-24)20(26)23-19(22-17)13-4-7-21-8-5-13/h2-5,7-8,10H,6,9,11-12H2,1H3,(H,22,23,26). The molecule has 0 amide bonds. The number of H-pyrrole nitrogens is 1. The van der Waals surface area contributed by atoms with Crippen molar-refractivity contribution in [3.8, 4) is 17.1 Å². The van der Waals surface area contributed by atoms with Crippen molar-refractivity contribution >= 4 is 5.69 Å². The van der Waals surface area contributed by atoms with Crippen LogP contribution in [0.1, 0.15) is 16.8 Å². The van der Waals surface area contributed by atoms with Crippen LogP contribution in [0.15, 0.2) is 47.5 Å². The van der Waals surface area contributed by atoms with Crippen molar-refractivity contribution in [2.75, 3.05) is 13.7 Å². The number of nitrogens with zero attached hydrogens (tertiary/aromatic N) is 4. The lowest BCUT2D eigenvalue weighted by Crippen LogP contribution is -2.35. The molecule has 0 unspecified atom stereocenters. The largest absolute Gasteiger partial charge is 0.496 e. The molecule has 1 aliphatic rings. The van der Waals surface area contributed by atoms with E-state index in [4.69, 9.17) is 4.74 Å². The van der Waals surface area contributed by atoms with Crippen LogP contribution in [-0.4, -0.2) is 38.4 Å². The molecule has 0 saturated heterocycles. The van der Waals surface area contributed by atoms with E-state index < -0.39 is 4.92 Å². The molecule has 3 aromatic rings. The molecule has 0 spiro atoms. The number of aromatic amines is 1. The zero-order valence-electron chi connectivity index (χ0n) is 15.8. The van der Waals surface area contributed by atoms with Crippen LogP contribution < -0.4 is 10.3 Å². The van der Waals surface area contributed by atoms with Crippen molar-refractivity contribution in [1.29, 1.82) is 0 Å². The number of hydrogen-bond acceptors (Lipinski definition) is 7. The summed E-state index contributed by atoms with van der Waals surface area (Å²) in [4.78, 5) is 36.8. The van der Waals surface area contributed by atoms with Gasteiger partial charge in [-0.25, -0.2) is 4.98 Å². The number of nitrogens with one attached hydrogen (secondary N) is 1. The van der Waals surface area contributed by atoms with Crippen LogP contribution in [0.2, 0.25) is 0 Å². The van der Waals surface area contributed by atoms with E-state index in [0.29, 0.717) is 36.6 Å². The highest BCUT2D eigenvalue weighted by Gasteiger charge is 2.23. The summed E-state index contributed by atoms with van der Waals surface area (Å²) < 4.78 is 5.32. The van der Waals surface area contributed by atoms with Gasteiger partial charge in [0.05, 0.1) is 29.4 Å². The average Bonchev–Trinajstić information content (AvgIpc) is 2.74. The highest BCUT2D eigenvalue weighted by molar-refractivity contribution is 5.54. The smallest absolute Gasteiger partial charge is 0.273 e. The molecule has 0 fully saturated rings. The Hall–Kier alpha value is -3.59. The predicted octanol–water partition coefficient (Wildman–Crippen LogP) is 2.31. The molecule has 2 aromatic heterocycles. The molecule has 0 atom stereocenters. The molecular weight excluding hydrogens is 374 g/mol. The topological polar surface area (TPSA) is 114 Å². The van der Waals surface area contributed by atoms with Crippen LogP contribution in [0.4, 0.5) is 5.69 Å². The van der Waals surface area contributed by atoms with Crippen LogP contribution in [0.5, 0.6) is 5.75 Å². The number of ether oxygens (including phenoxy) is 1. The number of hydrogen-bond donors (Lipinski definition) is 1. The molecule has 1 aromatic carbocycles. The predicted molar refractivity (Wildman–Crippen MR) is 106 cm³/mol. The van der Waals surface area contributed by atoms with Crippen molar-refractivity contribution in [2.24, 2.45) is 0 Å². The summed E-state index contributed by atoms with van der Waals surface area (Å²) in [6, 6.07) is 8.19. The monoisotopic (exact) mass is 393 g/mol. The molecular formula is C20H19N5O4. The summed E-state index contributed by atoms with van der Waals surface area (Å²) in [6.07, 6.45) is 3.97. The maximum Gasteiger partial charge on any atom is 0.273 e. The number of rotatable bonds is 5. The fourth-order valence-corrected chi connectivity index (χ4v) is 3.48. The van der Waals surface area contributed by atoms with Gasteiger partial charge in [0, 0.05) is 55.6 Å². The van der Waals surface area contributed by atoms with Gasteiger partial charge in [0.1, 0.15) is 11.6 Å². The third-order valence-electron chi connectivity index (χ3n) is 4.98. The number of fused-ring (bicyclic) bond motifs is 1. The van der Waals surface area contributed by atoms with Gasteiger partial charge in [-0.05, 0) is 18.2 Å². The van der Waals surface area contributed by atoms with Crippen LogP contribution in [-0.2, 0) is 19.5 Å². The molecule has 4 rings (SSSR count). The van der Waals surface area contributed by atoms with E-state index in [0.717, 1.165) is 23.4 Å². The first kappa shape index (κ1) is 18.8. The Morgan fingerprint density at radius 3 is 2.79 bits per heavy atom. The molecule has 9 heteroatoms. The second kappa shape index (κ2) is 7.80. The molecule has 0 radical (unpaired) electrons. The first-order chi connectivity index (χ1) is 14.0. The molecule has 0 aliphatic carbocycles. The Morgan fingerprint density at radius 2 is 2.07 bits per heavy atom. The number of aromatic nitrogens is 3. The lowest BCUT2D eigenvalue weighted by Gasteiger charge is -2.28. The van der Waals surface area contributed by atoms with Gasteiger partial charge in [-0.3, -0.25) is 24.8 Å². The minimum absolute atomic E-state index is 0.0149. The summed E-state index contributed by atoms with van der Waals surface area (Å²) in [5.74, 6) is 1.01. The lowest BCUT2D eigenvalue weighted by molar-refractivity contribution is -0.384. The van der Waals surface area contributed by atoms with Crippen molar-refractivity contribution in [1.82, 2.24) is 19.9 Å². The molecule has 9 nitrogen and oxygen atoms in total. The number of nitro groups is 1. The van der Waals surface area contributed by atoms with Crippen LogP contribution in [0, 0.1) is 10.1 Å². The molecule has 1 N–H and O–H groups in total. The number of benzene rings is 1. The van der Waals surface area contributed by atoms with E-state index in [1.807, 2.05) is 0 Å². The summed E-state index contributed by atoms with van der Waals surface area (Å²) in [7, 11) is 1.49. The SMILES string of the molecule is COc1cc([N+](=O)[O-])ccc1CN1CCc2nc(-c3ccncc3)[nH]c(=O)c2C1. The maximum atomic E-state index is 12.7. The molecule has 29 heavy (non-hydrogen) atoms. The van der Waals surface area contributed by atoms with Crippen LogP contribution >= 0.6 is 0 Å². The van der Waals surface area contributed by atoms with Crippen molar-refractivity contribution in [3.63, 3.8) is 0 Å². The van der Waals surface area contributed by atoms with E-state index in [2.05, 4.69) is 19.9 Å². The van der Waals surface area contributed by atoms with E-state index in [9.17, 15) is 14.9 Å². The number of nitro benzene ring substituents is 1. The van der Waals surface area contributed by atoms with E-state index in [1.165, 1.54) is 19.2 Å². The van der Waals surface area contributed by atoms with Crippen LogP contribution in [0.3, 0.4) is 0 Å². The Morgan fingerprint density at radius 1 is 1.28 bits per heavy atom. The van der Waals surface area contributed by atoms with Gasteiger partial charge < -0.3 is 9.72 Å².